The number of carbonyl (C=O) groups excluding carboxylic acids is 1. The van der Waals surface area contributed by atoms with Gasteiger partial charge in [-0.1, -0.05) is 31.9 Å². The first-order valence-corrected chi connectivity index (χ1v) is 7.81. The van der Waals surface area contributed by atoms with Crippen LogP contribution in [0.2, 0.25) is 0 Å². The molecule has 6 nitrogen and oxygen atoms in total. The van der Waals surface area contributed by atoms with Crippen molar-refractivity contribution in [1.82, 2.24) is 16.2 Å². The number of aliphatic carboxylic acids is 1. The van der Waals surface area contributed by atoms with E-state index in [1.54, 1.807) is 12.1 Å². The van der Waals surface area contributed by atoms with Crippen LogP contribution in [0, 0.1) is 5.82 Å². The summed E-state index contributed by atoms with van der Waals surface area (Å²) >= 11 is 0. The van der Waals surface area contributed by atoms with Gasteiger partial charge in [-0.3, -0.25) is 4.79 Å². The fourth-order valence-corrected chi connectivity index (χ4v) is 2.58. The maximum absolute atomic E-state index is 12.9. The maximum atomic E-state index is 12.9. The number of amides is 1. The molecular formula is C16H22FN3O3. The van der Waals surface area contributed by atoms with Crippen molar-refractivity contribution >= 4 is 11.9 Å². The summed E-state index contributed by atoms with van der Waals surface area (Å²) in [5, 5.41) is 11.7. The van der Waals surface area contributed by atoms with E-state index in [9.17, 15) is 14.0 Å². The van der Waals surface area contributed by atoms with Crippen LogP contribution in [0.3, 0.4) is 0 Å². The van der Waals surface area contributed by atoms with Crippen molar-refractivity contribution in [2.45, 2.75) is 50.7 Å². The number of carboxylic acid groups (broad SMARTS) is 1. The second kappa shape index (κ2) is 8.03. The summed E-state index contributed by atoms with van der Waals surface area (Å²) in [6.07, 6.45) is 2.50. The number of nitrogens with one attached hydrogen (secondary N) is 3. The molecule has 0 aromatic heterocycles. The molecule has 7 heteroatoms. The van der Waals surface area contributed by atoms with Gasteiger partial charge < -0.3 is 10.4 Å². The van der Waals surface area contributed by atoms with Gasteiger partial charge in [-0.2, -0.15) is 0 Å². The van der Waals surface area contributed by atoms with Gasteiger partial charge in [0.05, 0.1) is 0 Å². The molecule has 0 aliphatic carbocycles. The molecule has 1 amide bonds. The summed E-state index contributed by atoms with van der Waals surface area (Å²) in [6.45, 7) is 1.97. The number of carboxylic acids is 1. The summed E-state index contributed by atoms with van der Waals surface area (Å²) in [7, 11) is 0. The molecule has 1 aromatic carbocycles. The van der Waals surface area contributed by atoms with Crippen LogP contribution in [0.1, 0.15) is 44.2 Å². The SMILES string of the molecule is CCCCC(NC(=O)C1CC(c2ccc(F)cc2)NN1)C(=O)O. The first-order chi connectivity index (χ1) is 11.0. The van der Waals surface area contributed by atoms with Crippen molar-refractivity contribution < 1.29 is 19.1 Å². The van der Waals surface area contributed by atoms with Crippen LogP contribution >= 0.6 is 0 Å². The summed E-state index contributed by atoms with van der Waals surface area (Å²) < 4.78 is 12.9. The molecule has 23 heavy (non-hydrogen) atoms. The van der Waals surface area contributed by atoms with Crippen LogP contribution in [-0.4, -0.2) is 29.1 Å². The number of unbranched alkanes of at least 4 members (excludes halogenated alkanes) is 1. The van der Waals surface area contributed by atoms with Gasteiger partial charge in [0.2, 0.25) is 5.91 Å². The van der Waals surface area contributed by atoms with Crippen LogP contribution in [-0.2, 0) is 9.59 Å². The van der Waals surface area contributed by atoms with Crippen molar-refractivity contribution in [1.29, 1.82) is 0 Å². The topological polar surface area (TPSA) is 90.5 Å². The Kier molecular flexibility index (Phi) is 6.06. The highest BCUT2D eigenvalue weighted by molar-refractivity contribution is 5.87. The fourth-order valence-electron chi connectivity index (χ4n) is 2.58. The largest absolute Gasteiger partial charge is 0.480 e. The van der Waals surface area contributed by atoms with Gasteiger partial charge in [-0.25, -0.2) is 20.0 Å². The highest BCUT2D eigenvalue weighted by Gasteiger charge is 2.32. The Morgan fingerprint density at radius 1 is 1.35 bits per heavy atom. The standard InChI is InChI=1S/C16H22FN3O3/c1-2-3-4-12(16(22)23)18-15(21)14-9-13(19-20-14)10-5-7-11(17)8-6-10/h5-8,12-14,19-20H,2-4,9H2,1H3,(H,18,21)(H,22,23). The molecule has 0 bridgehead atoms. The number of hydrogen-bond acceptors (Lipinski definition) is 4. The third-order valence-electron chi connectivity index (χ3n) is 3.95. The van der Waals surface area contributed by atoms with E-state index < -0.39 is 18.1 Å². The minimum absolute atomic E-state index is 0.120. The van der Waals surface area contributed by atoms with Gasteiger partial charge in [-0.15, -0.1) is 0 Å². The van der Waals surface area contributed by atoms with E-state index in [1.807, 2.05) is 6.92 Å². The van der Waals surface area contributed by atoms with Crippen LogP contribution in [0.4, 0.5) is 4.39 Å². The zero-order valence-corrected chi connectivity index (χ0v) is 13.0. The van der Waals surface area contributed by atoms with Gasteiger partial charge in [0.1, 0.15) is 17.9 Å². The van der Waals surface area contributed by atoms with Gasteiger partial charge in [0.25, 0.3) is 0 Å². The molecule has 0 saturated carbocycles. The number of hydrogen-bond donors (Lipinski definition) is 4. The monoisotopic (exact) mass is 323 g/mol. The highest BCUT2D eigenvalue weighted by atomic mass is 19.1. The predicted molar refractivity (Wildman–Crippen MR) is 82.9 cm³/mol. The lowest BCUT2D eigenvalue weighted by molar-refractivity contribution is -0.142. The number of benzene rings is 1. The van der Waals surface area contributed by atoms with Crippen LogP contribution in [0.15, 0.2) is 24.3 Å². The van der Waals surface area contributed by atoms with Crippen molar-refractivity contribution in [2.75, 3.05) is 0 Å². The smallest absolute Gasteiger partial charge is 0.326 e. The van der Waals surface area contributed by atoms with Gasteiger partial charge in [-0.05, 0) is 30.5 Å². The minimum Gasteiger partial charge on any atom is -0.480 e. The van der Waals surface area contributed by atoms with E-state index in [1.165, 1.54) is 12.1 Å². The molecule has 4 N–H and O–H groups in total. The Morgan fingerprint density at radius 3 is 2.65 bits per heavy atom. The van der Waals surface area contributed by atoms with E-state index in [2.05, 4.69) is 16.2 Å². The van der Waals surface area contributed by atoms with Crippen molar-refractivity contribution in [3.63, 3.8) is 0 Å². The molecule has 3 atom stereocenters. The Morgan fingerprint density at radius 2 is 2.04 bits per heavy atom. The Labute approximate surface area is 134 Å². The zero-order valence-electron chi connectivity index (χ0n) is 13.0. The Hall–Kier alpha value is -1.99. The number of hydrazine groups is 1. The van der Waals surface area contributed by atoms with Crippen molar-refractivity contribution in [3.05, 3.63) is 35.6 Å². The molecule has 1 aromatic rings. The molecule has 1 aliphatic rings. The summed E-state index contributed by atoms with van der Waals surface area (Å²) in [5.74, 6) is -1.67. The molecular weight excluding hydrogens is 301 g/mol. The minimum atomic E-state index is -1.02. The van der Waals surface area contributed by atoms with Gasteiger partial charge >= 0.3 is 5.97 Å². The van der Waals surface area contributed by atoms with E-state index in [-0.39, 0.29) is 17.8 Å². The molecule has 1 heterocycles. The van der Waals surface area contributed by atoms with Gasteiger partial charge in [0.15, 0.2) is 0 Å². The van der Waals surface area contributed by atoms with Crippen molar-refractivity contribution in [2.24, 2.45) is 0 Å². The first kappa shape index (κ1) is 17.4. The zero-order chi connectivity index (χ0) is 16.8. The lowest BCUT2D eigenvalue weighted by atomic mass is 10.0. The first-order valence-electron chi connectivity index (χ1n) is 7.81. The number of carbonyl (C=O) groups is 2. The van der Waals surface area contributed by atoms with E-state index in [0.29, 0.717) is 12.8 Å². The van der Waals surface area contributed by atoms with E-state index in [4.69, 9.17) is 5.11 Å². The molecule has 1 fully saturated rings. The Balaban J connectivity index is 1.91. The Bertz CT molecular complexity index is 550. The fraction of sp³-hybridized carbons (Fsp3) is 0.500. The van der Waals surface area contributed by atoms with Crippen LogP contribution < -0.4 is 16.2 Å². The second-order valence-corrected chi connectivity index (χ2v) is 5.72. The second-order valence-electron chi connectivity index (χ2n) is 5.72. The van der Waals surface area contributed by atoms with E-state index in [0.717, 1.165) is 18.4 Å². The maximum Gasteiger partial charge on any atom is 0.326 e. The van der Waals surface area contributed by atoms with Crippen LogP contribution in [0.5, 0.6) is 0 Å². The molecule has 1 saturated heterocycles. The predicted octanol–water partition coefficient (Wildman–Crippen LogP) is 1.49. The summed E-state index contributed by atoms with van der Waals surface area (Å²) in [4.78, 5) is 23.4. The molecule has 3 unspecified atom stereocenters. The number of rotatable bonds is 7. The summed E-state index contributed by atoms with van der Waals surface area (Å²) in [6, 6.07) is 4.56. The summed E-state index contributed by atoms with van der Waals surface area (Å²) in [5.41, 5.74) is 6.73. The average Bonchev–Trinajstić information content (AvgIpc) is 3.01. The molecule has 0 spiro atoms. The quantitative estimate of drug-likeness (QED) is 0.610. The molecule has 1 aliphatic heterocycles. The lowest BCUT2D eigenvalue weighted by Gasteiger charge is -2.17. The van der Waals surface area contributed by atoms with Crippen molar-refractivity contribution in [3.8, 4) is 0 Å². The highest BCUT2D eigenvalue weighted by Crippen LogP contribution is 2.22. The normalized spacial score (nSPS) is 21.8. The lowest BCUT2D eigenvalue weighted by Crippen LogP contribution is -2.49. The third kappa shape index (κ3) is 4.74. The average molecular weight is 323 g/mol. The molecule has 0 radical (unpaired) electrons. The molecule has 2 rings (SSSR count). The van der Waals surface area contributed by atoms with Gasteiger partial charge in [0, 0.05) is 6.04 Å². The van der Waals surface area contributed by atoms with Crippen LogP contribution in [0.25, 0.3) is 0 Å². The van der Waals surface area contributed by atoms with E-state index >= 15 is 0 Å². The number of halogens is 1. The molecule has 126 valence electrons. The third-order valence-corrected chi connectivity index (χ3v) is 3.95.